The Morgan fingerprint density at radius 1 is 1.30 bits per heavy atom. The first-order chi connectivity index (χ1) is 13.1. The van der Waals surface area contributed by atoms with E-state index < -0.39 is 0 Å². The number of amides is 2. The number of hydrogen-bond donors (Lipinski definition) is 1. The minimum atomic E-state index is 0.00853. The number of methoxy groups -OCH3 is 1. The molecule has 148 valence electrons. The zero-order chi connectivity index (χ0) is 19.2. The molecular weight excluding hydrogens is 362 g/mol. The van der Waals surface area contributed by atoms with E-state index in [1.807, 2.05) is 23.4 Å². The van der Waals surface area contributed by atoms with Crippen LogP contribution in [0.2, 0.25) is 0 Å². The van der Waals surface area contributed by atoms with Crippen LogP contribution in [0.25, 0.3) is 0 Å². The summed E-state index contributed by atoms with van der Waals surface area (Å²) >= 11 is 1.79. The number of rotatable bonds is 7. The lowest BCUT2D eigenvalue weighted by atomic mass is 10.2. The quantitative estimate of drug-likeness (QED) is 0.786. The summed E-state index contributed by atoms with van der Waals surface area (Å²) < 4.78 is 7.08. The molecule has 2 aromatic rings. The molecule has 0 unspecified atom stereocenters. The molecule has 1 aliphatic rings. The Hall–Kier alpha value is -1.90. The topological polar surface area (TPSA) is 62.6 Å². The maximum atomic E-state index is 12.5. The molecule has 0 atom stereocenters. The van der Waals surface area contributed by atoms with E-state index in [9.17, 15) is 4.79 Å². The number of urea groups is 1. The van der Waals surface area contributed by atoms with Gasteiger partial charge in [0.1, 0.15) is 0 Å². The summed E-state index contributed by atoms with van der Waals surface area (Å²) in [6.07, 6.45) is 0. The normalized spacial score (nSPS) is 15.3. The largest absolute Gasteiger partial charge is 0.383 e. The highest BCUT2D eigenvalue weighted by Crippen LogP contribution is 2.15. The number of nitrogens with zero attached hydrogens (tertiary/aromatic N) is 4. The van der Waals surface area contributed by atoms with Crippen molar-refractivity contribution in [3.8, 4) is 0 Å². The van der Waals surface area contributed by atoms with Crippen molar-refractivity contribution >= 4 is 17.4 Å². The van der Waals surface area contributed by atoms with Gasteiger partial charge in [-0.3, -0.25) is 9.58 Å². The highest BCUT2D eigenvalue weighted by molar-refractivity contribution is 7.09. The van der Waals surface area contributed by atoms with E-state index >= 15 is 0 Å². The highest BCUT2D eigenvalue weighted by Gasteiger charge is 2.22. The number of thiophene rings is 1. The molecule has 3 heterocycles. The third kappa shape index (κ3) is 5.09. The Morgan fingerprint density at radius 2 is 2.07 bits per heavy atom. The van der Waals surface area contributed by atoms with Crippen LogP contribution in [0.1, 0.15) is 21.8 Å². The molecule has 0 saturated carbocycles. The van der Waals surface area contributed by atoms with Gasteiger partial charge in [0.15, 0.2) is 0 Å². The van der Waals surface area contributed by atoms with E-state index in [0.717, 1.165) is 56.2 Å². The van der Waals surface area contributed by atoms with Gasteiger partial charge in [0.25, 0.3) is 0 Å². The molecule has 1 aliphatic heterocycles. The first kappa shape index (κ1) is 19.9. The number of ether oxygens (including phenoxy) is 1. The van der Waals surface area contributed by atoms with Crippen molar-refractivity contribution in [1.29, 1.82) is 0 Å². The number of carbonyl (C=O) groups excluding carboxylic acids is 1. The van der Waals surface area contributed by atoms with Gasteiger partial charge in [0.2, 0.25) is 0 Å². The van der Waals surface area contributed by atoms with Crippen LogP contribution in [0, 0.1) is 13.8 Å². The summed E-state index contributed by atoms with van der Waals surface area (Å²) in [4.78, 5) is 18.2. The summed E-state index contributed by atoms with van der Waals surface area (Å²) in [5.74, 6) is 0. The summed E-state index contributed by atoms with van der Waals surface area (Å²) in [5.41, 5.74) is 3.14. The summed E-state index contributed by atoms with van der Waals surface area (Å²) in [7, 11) is 1.69. The van der Waals surface area contributed by atoms with Gasteiger partial charge in [-0.1, -0.05) is 6.07 Å². The van der Waals surface area contributed by atoms with Crippen molar-refractivity contribution < 1.29 is 9.53 Å². The average Bonchev–Trinajstić information content (AvgIpc) is 3.27. The molecule has 7 nitrogen and oxygen atoms in total. The molecule has 0 radical (unpaired) electrons. The average molecular weight is 392 g/mol. The third-order valence-electron chi connectivity index (χ3n) is 5.07. The van der Waals surface area contributed by atoms with Gasteiger partial charge < -0.3 is 15.0 Å². The van der Waals surface area contributed by atoms with E-state index in [1.165, 1.54) is 4.88 Å². The molecule has 2 aromatic heterocycles. The lowest BCUT2D eigenvalue weighted by molar-refractivity contribution is 0.135. The molecule has 3 rings (SSSR count). The van der Waals surface area contributed by atoms with Crippen LogP contribution >= 0.6 is 11.3 Å². The molecule has 0 aliphatic carbocycles. The van der Waals surface area contributed by atoms with Crippen LogP contribution in [0.5, 0.6) is 0 Å². The molecule has 1 saturated heterocycles. The zero-order valence-corrected chi connectivity index (χ0v) is 17.2. The maximum absolute atomic E-state index is 12.5. The molecule has 0 spiro atoms. The van der Waals surface area contributed by atoms with Gasteiger partial charge in [0, 0.05) is 62.5 Å². The SMILES string of the molecule is COCCn1nc(C)c(CNC(=O)N2CCN(Cc3cccs3)CC2)c1C. The van der Waals surface area contributed by atoms with Crippen molar-refractivity contribution in [1.82, 2.24) is 24.9 Å². The Bertz CT molecular complexity index is 736. The van der Waals surface area contributed by atoms with E-state index in [1.54, 1.807) is 18.4 Å². The summed E-state index contributed by atoms with van der Waals surface area (Å²) in [6, 6.07) is 4.26. The molecule has 0 aromatic carbocycles. The van der Waals surface area contributed by atoms with E-state index in [-0.39, 0.29) is 6.03 Å². The van der Waals surface area contributed by atoms with E-state index in [4.69, 9.17) is 4.74 Å². The third-order valence-corrected chi connectivity index (χ3v) is 5.94. The minimum absolute atomic E-state index is 0.00853. The predicted molar refractivity (Wildman–Crippen MR) is 107 cm³/mol. The van der Waals surface area contributed by atoms with Gasteiger partial charge in [-0.15, -0.1) is 11.3 Å². The van der Waals surface area contributed by atoms with Crippen molar-refractivity contribution in [3.63, 3.8) is 0 Å². The zero-order valence-electron chi connectivity index (χ0n) is 16.4. The molecule has 0 bridgehead atoms. The number of carbonyl (C=O) groups is 1. The fraction of sp³-hybridized carbons (Fsp3) is 0.579. The molecular formula is C19H29N5O2S. The fourth-order valence-electron chi connectivity index (χ4n) is 3.39. The van der Waals surface area contributed by atoms with Crippen LogP contribution in [-0.2, 0) is 24.4 Å². The number of aryl methyl sites for hydroxylation is 1. The second-order valence-corrected chi connectivity index (χ2v) is 7.90. The maximum Gasteiger partial charge on any atom is 0.317 e. The first-order valence-corrected chi connectivity index (χ1v) is 10.3. The number of piperazine rings is 1. The van der Waals surface area contributed by atoms with Crippen molar-refractivity contribution in [2.24, 2.45) is 0 Å². The van der Waals surface area contributed by atoms with Crippen molar-refractivity contribution in [2.75, 3.05) is 39.9 Å². The van der Waals surface area contributed by atoms with Gasteiger partial charge in [-0.05, 0) is 25.3 Å². The molecule has 1 fully saturated rings. The van der Waals surface area contributed by atoms with Gasteiger partial charge in [-0.2, -0.15) is 5.10 Å². The lowest BCUT2D eigenvalue weighted by Crippen LogP contribution is -2.51. The molecule has 8 heteroatoms. The predicted octanol–water partition coefficient (Wildman–Crippen LogP) is 2.24. The monoisotopic (exact) mass is 391 g/mol. The first-order valence-electron chi connectivity index (χ1n) is 9.38. The second kappa shape index (κ2) is 9.34. The molecule has 27 heavy (non-hydrogen) atoms. The second-order valence-electron chi connectivity index (χ2n) is 6.87. The fourth-order valence-corrected chi connectivity index (χ4v) is 4.14. The Labute approximate surface area is 164 Å². The number of hydrogen-bond acceptors (Lipinski definition) is 5. The smallest absolute Gasteiger partial charge is 0.317 e. The van der Waals surface area contributed by atoms with Gasteiger partial charge in [-0.25, -0.2) is 4.79 Å². The number of aromatic nitrogens is 2. The van der Waals surface area contributed by atoms with Gasteiger partial charge >= 0.3 is 6.03 Å². The Morgan fingerprint density at radius 3 is 2.74 bits per heavy atom. The Balaban J connectivity index is 1.47. The van der Waals surface area contributed by atoms with Crippen LogP contribution in [0.3, 0.4) is 0 Å². The van der Waals surface area contributed by atoms with E-state index in [0.29, 0.717) is 13.2 Å². The van der Waals surface area contributed by atoms with Crippen LogP contribution in [-0.4, -0.2) is 65.5 Å². The summed E-state index contributed by atoms with van der Waals surface area (Å²) in [5, 5.41) is 9.73. The summed E-state index contributed by atoms with van der Waals surface area (Å²) in [6.45, 7) is 10.2. The molecule has 1 N–H and O–H groups in total. The van der Waals surface area contributed by atoms with Crippen LogP contribution in [0.4, 0.5) is 4.79 Å². The number of nitrogens with one attached hydrogen (secondary N) is 1. The lowest BCUT2D eigenvalue weighted by Gasteiger charge is -2.34. The molecule has 2 amide bonds. The van der Waals surface area contributed by atoms with Crippen molar-refractivity contribution in [2.45, 2.75) is 33.5 Å². The standard InChI is InChI=1S/C19H29N5O2S/c1-15-18(16(2)24(21-15)10-11-26-3)13-20-19(25)23-8-6-22(7-9-23)14-17-5-4-12-27-17/h4-5,12H,6-11,13-14H2,1-3H3,(H,20,25). The van der Waals surface area contributed by atoms with Crippen molar-refractivity contribution in [3.05, 3.63) is 39.3 Å². The highest BCUT2D eigenvalue weighted by atomic mass is 32.1. The van der Waals surface area contributed by atoms with E-state index in [2.05, 4.69) is 32.8 Å². The van der Waals surface area contributed by atoms with Gasteiger partial charge in [0.05, 0.1) is 18.8 Å². The van der Waals surface area contributed by atoms with Crippen LogP contribution in [0.15, 0.2) is 17.5 Å². The van der Waals surface area contributed by atoms with Crippen LogP contribution < -0.4 is 5.32 Å². The Kier molecular flexibility index (Phi) is 6.87. The minimum Gasteiger partial charge on any atom is -0.383 e.